The van der Waals surface area contributed by atoms with Crippen LogP contribution in [0, 0.1) is 0 Å². The van der Waals surface area contributed by atoms with Crippen molar-refractivity contribution in [2.75, 3.05) is 11.4 Å². The Morgan fingerprint density at radius 3 is 3.04 bits per heavy atom. The van der Waals surface area contributed by atoms with Crippen LogP contribution in [0.1, 0.15) is 23.9 Å². The molecule has 5 rings (SSSR count). The monoisotopic (exact) mass is 336 g/mol. The van der Waals surface area contributed by atoms with Crippen molar-refractivity contribution < 1.29 is 0 Å². The van der Waals surface area contributed by atoms with Gasteiger partial charge in [-0.25, -0.2) is 15.0 Å². The largest absolute Gasteiger partial charge is 0.346 e. The van der Waals surface area contributed by atoms with Crippen LogP contribution in [0.2, 0.25) is 0 Å². The fourth-order valence-electron chi connectivity index (χ4n) is 3.49. The van der Waals surface area contributed by atoms with E-state index >= 15 is 0 Å². The fraction of sp³-hybridized carbons (Fsp3) is 0.294. The highest BCUT2D eigenvalue weighted by atomic mass is 32.1. The zero-order chi connectivity index (χ0) is 16.1. The molecular formula is C17H16N6S. The number of aryl methyl sites for hydroxylation is 1. The second-order valence-electron chi connectivity index (χ2n) is 6.07. The van der Waals surface area contributed by atoms with E-state index in [1.165, 1.54) is 9.71 Å². The van der Waals surface area contributed by atoms with Crippen molar-refractivity contribution in [3.05, 3.63) is 41.8 Å². The van der Waals surface area contributed by atoms with Gasteiger partial charge < -0.3 is 4.90 Å². The molecule has 7 heteroatoms. The molecule has 24 heavy (non-hydrogen) atoms. The number of anilines is 1. The minimum atomic E-state index is 0.278. The smallest absolute Gasteiger partial charge is 0.163 e. The van der Waals surface area contributed by atoms with Gasteiger partial charge in [0.15, 0.2) is 5.65 Å². The number of thiazole rings is 1. The van der Waals surface area contributed by atoms with Gasteiger partial charge in [0.25, 0.3) is 0 Å². The van der Waals surface area contributed by atoms with E-state index in [0.29, 0.717) is 0 Å². The van der Waals surface area contributed by atoms with Crippen LogP contribution in [0.3, 0.4) is 0 Å². The first-order valence-electron chi connectivity index (χ1n) is 8.06. The standard InChI is InChI=1S/C17H16N6S/c1-22-15-11(9-20-22)16(19-10-18-15)23-8-4-6-13(23)17-21-12-5-2-3-7-14(12)24-17/h2-3,5,7,9-10,13H,4,6,8H2,1H3. The maximum absolute atomic E-state index is 4.87. The summed E-state index contributed by atoms with van der Waals surface area (Å²) in [5.74, 6) is 0.967. The number of aromatic nitrogens is 5. The number of benzene rings is 1. The van der Waals surface area contributed by atoms with Crippen molar-refractivity contribution in [1.29, 1.82) is 0 Å². The Morgan fingerprint density at radius 1 is 1.21 bits per heavy atom. The van der Waals surface area contributed by atoms with E-state index in [9.17, 15) is 0 Å². The summed E-state index contributed by atoms with van der Waals surface area (Å²) in [5.41, 5.74) is 1.95. The normalized spacial score (nSPS) is 18.0. The summed E-state index contributed by atoms with van der Waals surface area (Å²) in [6, 6.07) is 8.61. The molecule has 6 nitrogen and oxygen atoms in total. The molecule has 4 heterocycles. The number of rotatable bonds is 2. The summed E-state index contributed by atoms with van der Waals surface area (Å²) in [5, 5.41) is 6.51. The van der Waals surface area contributed by atoms with Crippen LogP contribution >= 0.6 is 11.3 Å². The van der Waals surface area contributed by atoms with Gasteiger partial charge in [0.1, 0.15) is 17.2 Å². The van der Waals surface area contributed by atoms with Gasteiger partial charge in [0, 0.05) is 13.6 Å². The Hall–Kier alpha value is -2.54. The summed E-state index contributed by atoms with van der Waals surface area (Å²) in [7, 11) is 1.91. The van der Waals surface area contributed by atoms with Crippen LogP contribution in [-0.2, 0) is 7.05 Å². The highest BCUT2D eigenvalue weighted by Gasteiger charge is 2.31. The predicted molar refractivity (Wildman–Crippen MR) is 95.2 cm³/mol. The van der Waals surface area contributed by atoms with Crippen molar-refractivity contribution in [3.8, 4) is 0 Å². The quantitative estimate of drug-likeness (QED) is 0.562. The molecule has 1 aromatic carbocycles. The zero-order valence-corrected chi connectivity index (χ0v) is 14.1. The molecule has 1 saturated heterocycles. The molecule has 0 radical (unpaired) electrons. The molecule has 0 spiro atoms. The highest BCUT2D eigenvalue weighted by Crippen LogP contribution is 2.40. The van der Waals surface area contributed by atoms with Gasteiger partial charge in [-0.3, -0.25) is 4.68 Å². The van der Waals surface area contributed by atoms with E-state index in [4.69, 9.17) is 4.98 Å². The van der Waals surface area contributed by atoms with Crippen LogP contribution in [0.5, 0.6) is 0 Å². The first-order valence-corrected chi connectivity index (χ1v) is 8.88. The molecule has 1 atom stereocenters. The average molecular weight is 336 g/mol. The van der Waals surface area contributed by atoms with Gasteiger partial charge >= 0.3 is 0 Å². The van der Waals surface area contributed by atoms with Crippen molar-refractivity contribution >= 4 is 38.4 Å². The molecule has 1 unspecified atom stereocenters. The average Bonchev–Trinajstić information content (AvgIpc) is 3.32. The Kier molecular flexibility index (Phi) is 3.02. The van der Waals surface area contributed by atoms with Crippen molar-refractivity contribution in [3.63, 3.8) is 0 Å². The molecule has 1 fully saturated rings. The highest BCUT2D eigenvalue weighted by molar-refractivity contribution is 7.18. The lowest BCUT2D eigenvalue weighted by molar-refractivity contribution is 0.708. The van der Waals surface area contributed by atoms with E-state index in [0.717, 1.165) is 41.8 Å². The first-order chi connectivity index (χ1) is 11.8. The SMILES string of the molecule is Cn1ncc2c(N3CCCC3c3nc4ccccc4s3)ncnc21. The number of hydrogen-bond acceptors (Lipinski definition) is 6. The Morgan fingerprint density at radius 2 is 2.12 bits per heavy atom. The molecule has 0 saturated carbocycles. The lowest BCUT2D eigenvalue weighted by atomic mass is 10.2. The molecule has 4 aromatic rings. The van der Waals surface area contributed by atoms with E-state index in [-0.39, 0.29) is 6.04 Å². The van der Waals surface area contributed by atoms with Crippen molar-refractivity contribution in [2.45, 2.75) is 18.9 Å². The molecule has 120 valence electrons. The van der Waals surface area contributed by atoms with Gasteiger partial charge in [0.05, 0.1) is 27.8 Å². The Bertz CT molecular complexity index is 1000. The second kappa shape index (κ2) is 5.24. The van der Waals surface area contributed by atoms with E-state index < -0.39 is 0 Å². The summed E-state index contributed by atoms with van der Waals surface area (Å²) in [4.78, 5) is 16.2. The molecule has 0 bridgehead atoms. The number of nitrogens with zero attached hydrogens (tertiary/aromatic N) is 6. The molecule has 0 N–H and O–H groups in total. The number of para-hydroxylation sites is 1. The lowest BCUT2D eigenvalue weighted by Gasteiger charge is -2.24. The van der Waals surface area contributed by atoms with Gasteiger partial charge in [-0.05, 0) is 25.0 Å². The topological polar surface area (TPSA) is 59.7 Å². The van der Waals surface area contributed by atoms with Crippen LogP contribution in [-0.4, -0.2) is 31.3 Å². The van der Waals surface area contributed by atoms with Gasteiger partial charge in [-0.1, -0.05) is 12.1 Å². The van der Waals surface area contributed by atoms with Crippen LogP contribution in [0.15, 0.2) is 36.8 Å². The number of fused-ring (bicyclic) bond motifs is 2. The Labute approximate surface area is 142 Å². The molecule has 0 amide bonds. The molecule has 1 aliphatic rings. The fourth-order valence-corrected chi connectivity index (χ4v) is 4.60. The minimum absolute atomic E-state index is 0.278. The summed E-state index contributed by atoms with van der Waals surface area (Å²) in [6.45, 7) is 0.988. The maximum atomic E-state index is 4.87. The maximum Gasteiger partial charge on any atom is 0.163 e. The molecule has 3 aromatic heterocycles. The third-order valence-electron chi connectivity index (χ3n) is 4.63. The van der Waals surface area contributed by atoms with Gasteiger partial charge in [0.2, 0.25) is 0 Å². The van der Waals surface area contributed by atoms with Crippen LogP contribution < -0.4 is 4.90 Å². The van der Waals surface area contributed by atoms with E-state index in [1.54, 1.807) is 22.3 Å². The molecule has 0 aliphatic carbocycles. The van der Waals surface area contributed by atoms with E-state index in [1.807, 2.05) is 19.3 Å². The Balaban J connectivity index is 1.61. The van der Waals surface area contributed by atoms with Crippen LogP contribution in [0.25, 0.3) is 21.3 Å². The van der Waals surface area contributed by atoms with Crippen molar-refractivity contribution in [2.24, 2.45) is 7.05 Å². The summed E-state index contributed by atoms with van der Waals surface area (Å²) in [6.07, 6.45) is 5.74. The summed E-state index contributed by atoms with van der Waals surface area (Å²) < 4.78 is 3.04. The van der Waals surface area contributed by atoms with E-state index in [2.05, 4.69) is 38.2 Å². The zero-order valence-electron chi connectivity index (χ0n) is 13.3. The predicted octanol–water partition coefficient (Wildman–Crippen LogP) is 3.31. The molecule has 1 aliphatic heterocycles. The first kappa shape index (κ1) is 13.9. The third-order valence-corrected chi connectivity index (χ3v) is 5.77. The van der Waals surface area contributed by atoms with Gasteiger partial charge in [-0.15, -0.1) is 11.3 Å². The molecular weight excluding hydrogens is 320 g/mol. The lowest BCUT2D eigenvalue weighted by Crippen LogP contribution is -2.23. The number of hydrogen-bond donors (Lipinski definition) is 0. The second-order valence-corrected chi connectivity index (χ2v) is 7.14. The third kappa shape index (κ3) is 2.01. The van der Waals surface area contributed by atoms with Crippen molar-refractivity contribution in [1.82, 2.24) is 24.7 Å². The van der Waals surface area contributed by atoms with Gasteiger partial charge in [-0.2, -0.15) is 5.10 Å². The minimum Gasteiger partial charge on any atom is -0.346 e. The van der Waals surface area contributed by atoms with Crippen LogP contribution in [0.4, 0.5) is 5.82 Å². The summed E-state index contributed by atoms with van der Waals surface area (Å²) >= 11 is 1.79.